The Kier molecular flexibility index (Phi) is 7.09. The number of carbonyl (C=O) groups excluding carboxylic acids is 2. The van der Waals surface area contributed by atoms with Crippen LogP contribution < -0.4 is 10.1 Å². The van der Waals surface area contributed by atoms with Crippen molar-refractivity contribution in [1.29, 1.82) is 0 Å². The molecule has 1 atom stereocenters. The second-order valence-corrected chi connectivity index (χ2v) is 6.26. The summed E-state index contributed by atoms with van der Waals surface area (Å²) in [4.78, 5) is 23.9. The van der Waals surface area contributed by atoms with E-state index in [9.17, 15) is 9.59 Å². The second-order valence-electron chi connectivity index (χ2n) is 6.26. The molecule has 1 aliphatic carbocycles. The molecule has 1 saturated carbocycles. The highest BCUT2D eigenvalue weighted by molar-refractivity contribution is 5.94. The Morgan fingerprint density at radius 2 is 1.83 bits per heavy atom. The van der Waals surface area contributed by atoms with Crippen LogP contribution >= 0.6 is 0 Å². The Morgan fingerprint density at radius 1 is 1.17 bits per heavy atom. The van der Waals surface area contributed by atoms with Crippen LogP contribution in [0.5, 0.6) is 5.75 Å². The highest BCUT2D eigenvalue weighted by atomic mass is 16.6. The zero-order valence-corrected chi connectivity index (χ0v) is 14.5. The zero-order chi connectivity index (χ0) is 17.4. The van der Waals surface area contributed by atoms with E-state index >= 15 is 0 Å². The van der Waals surface area contributed by atoms with E-state index in [1.807, 2.05) is 6.92 Å². The quantitative estimate of drug-likeness (QED) is 0.776. The van der Waals surface area contributed by atoms with Crippen molar-refractivity contribution in [3.8, 4) is 5.75 Å². The predicted octanol–water partition coefficient (Wildman–Crippen LogP) is 3.47. The molecule has 1 fully saturated rings. The van der Waals surface area contributed by atoms with Crippen molar-refractivity contribution < 1.29 is 19.1 Å². The molecule has 1 aromatic carbocycles. The van der Waals surface area contributed by atoms with Crippen LogP contribution in [0.25, 0.3) is 0 Å². The van der Waals surface area contributed by atoms with Gasteiger partial charge in [0.2, 0.25) is 0 Å². The molecule has 132 valence electrons. The number of hydrogen-bond acceptors (Lipinski definition) is 4. The van der Waals surface area contributed by atoms with Gasteiger partial charge in [0.15, 0.2) is 6.10 Å². The number of ether oxygens (including phenoxy) is 2. The maximum Gasteiger partial charge on any atom is 0.347 e. The van der Waals surface area contributed by atoms with E-state index in [2.05, 4.69) is 5.32 Å². The normalized spacial score (nSPS) is 16.2. The third-order valence-corrected chi connectivity index (χ3v) is 4.15. The molecule has 0 heterocycles. The smallest absolute Gasteiger partial charge is 0.347 e. The van der Waals surface area contributed by atoms with Gasteiger partial charge in [0.25, 0.3) is 5.91 Å². The fourth-order valence-electron chi connectivity index (χ4n) is 2.77. The number of nitrogens with one attached hydrogen (secondary N) is 1. The molecule has 1 aliphatic rings. The molecule has 1 unspecified atom stereocenters. The minimum Gasteiger partial charge on any atom is -0.479 e. The zero-order valence-electron chi connectivity index (χ0n) is 14.5. The van der Waals surface area contributed by atoms with Crippen LogP contribution in [0.15, 0.2) is 24.3 Å². The molecule has 0 radical (unpaired) electrons. The first-order valence-corrected chi connectivity index (χ1v) is 8.84. The Morgan fingerprint density at radius 3 is 2.46 bits per heavy atom. The maximum atomic E-state index is 12.2. The molecule has 2 rings (SSSR count). The third-order valence-electron chi connectivity index (χ3n) is 4.15. The average Bonchev–Trinajstić information content (AvgIpc) is 2.61. The van der Waals surface area contributed by atoms with E-state index in [-0.39, 0.29) is 17.9 Å². The van der Waals surface area contributed by atoms with Gasteiger partial charge in [0.05, 0.1) is 6.61 Å². The van der Waals surface area contributed by atoms with E-state index < -0.39 is 6.10 Å². The largest absolute Gasteiger partial charge is 0.479 e. The van der Waals surface area contributed by atoms with Gasteiger partial charge in [-0.3, -0.25) is 4.79 Å². The molecular formula is C19H27NO4. The molecule has 5 nitrogen and oxygen atoms in total. The lowest BCUT2D eigenvalue weighted by molar-refractivity contribution is -0.151. The van der Waals surface area contributed by atoms with Crippen molar-refractivity contribution in [1.82, 2.24) is 5.32 Å². The lowest BCUT2D eigenvalue weighted by atomic mass is 9.95. The number of rotatable bonds is 7. The van der Waals surface area contributed by atoms with E-state index in [0.717, 1.165) is 19.3 Å². The number of esters is 1. The van der Waals surface area contributed by atoms with Gasteiger partial charge in [-0.15, -0.1) is 0 Å². The monoisotopic (exact) mass is 333 g/mol. The summed E-state index contributed by atoms with van der Waals surface area (Å²) < 4.78 is 10.6. The summed E-state index contributed by atoms with van der Waals surface area (Å²) in [6.07, 6.45) is 5.86. The van der Waals surface area contributed by atoms with Crippen LogP contribution in [0.1, 0.15) is 62.7 Å². The molecule has 24 heavy (non-hydrogen) atoms. The fourth-order valence-corrected chi connectivity index (χ4v) is 2.77. The number of carbonyl (C=O) groups is 2. The Labute approximate surface area is 143 Å². The van der Waals surface area contributed by atoms with Gasteiger partial charge in [-0.2, -0.15) is 0 Å². The van der Waals surface area contributed by atoms with Crippen LogP contribution in [0.4, 0.5) is 0 Å². The summed E-state index contributed by atoms with van der Waals surface area (Å²) in [5.41, 5.74) is 0.606. The number of amides is 1. The van der Waals surface area contributed by atoms with Gasteiger partial charge < -0.3 is 14.8 Å². The summed E-state index contributed by atoms with van der Waals surface area (Å²) in [6, 6.07) is 7.14. The van der Waals surface area contributed by atoms with Gasteiger partial charge in [-0.1, -0.05) is 26.2 Å². The van der Waals surface area contributed by atoms with Crippen LogP contribution in [0.3, 0.4) is 0 Å². The molecule has 0 saturated heterocycles. The molecular weight excluding hydrogens is 306 g/mol. The molecule has 0 aromatic heterocycles. The first-order valence-electron chi connectivity index (χ1n) is 8.84. The predicted molar refractivity (Wildman–Crippen MR) is 92.1 cm³/mol. The topological polar surface area (TPSA) is 64.6 Å². The molecule has 0 bridgehead atoms. The van der Waals surface area contributed by atoms with Crippen molar-refractivity contribution in [3.63, 3.8) is 0 Å². The fraction of sp³-hybridized carbons (Fsp3) is 0.579. The van der Waals surface area contributed by atoms with Crippen molar-refractivity contribution >= 4 is 11.9 Å². The molecule has 0 aliphatic heterocycles. The van der Waals surface area contributed by atoms with Gasteiger partial charge in [-0.05, 0) is 50.5 Å². The van der Waals surface area contributed by atoms with E-state index in [0.29, 0.717) is 17.9 Å². The molecule has 1 aromatic rings. The second kappa shape index (κ2) is 9.30. The van der Waals surface area contributed by atoms with Crippen LogP contribution in [0, 0.1) is 0 Å². The van der Waals surface area contributed by atoms with Gasteiger partial charge >= 0.3 is 5.97 Å². The summed E-state index contributed by atoms with van der Waals surface area (Å²) in [6.45, 7) is 3.99. The lowest BCUT2D eigenvalue weighted by Crippen LogP contribution is -2.36. The molecule has 0 spiro atoms. The molecule has 1 amide bonds. The maximum absolute atomic E-state index is 12.2. The van der Waals surface area contributed by atoms with E-state index in [1.165, 1.54) is 19.3 Å². The standard InChI is InChI=1S/C19H27NO4/c1-3-13-23-19(22)14(2)24-17-11-9-15(10-12-17)18(21)20-16-7-5-4-6-8-16/h9-12,14,16H,3-8,13H2,1-2H3,(H,20,21). The summed E-state index contributed by atoms with van der Waals surface area (Å²) in [5.74, 6) is 0.116. The van der Waals surface area contributed by atoms with Crippen molar-refractivity contribution in [2.45, 2.75) is 64.5 Å². The Balaban J connectivity index is 1.85. The van der Waals surface area contributed by atoms with E-state index in [4.69, 9.17) is 9.47 Å². The SMILES string of the molecule is CCCOC(=O)C(C)Oc1ccc(C(=O)NC2CCCCC2)cc1. The third kappa shape index (κ3) is 5.55. The Hall–Kier alpha value is -2.04. The number of benzene rings is 1. The van der Waals surface area contributed by atoms with Crippen LogP contribution in [-0.4, -0.2) is 30.6 Å². The lowest BCUT2D eigenvalue weighted by Gasteiger charge is -2.22. The van der Waals surface area contributed by atoms with Crippen molar-refractivity contribution in [2.24, 2.45) is 0 Å². The molecule has 1 N–H and O–H groups in total. The summed E-state index contributed by atoms with van der Waals surface area (Å²) >= 11 is 0. The summed E-state index contributed by atoms with van der Waals surface area (Å²) in [5, 5.41) is 3.08. The van der Waals surface area contributed by atoms with Crippen molar-refractivity contribution in [3.05, 3.63) is 29.8 Å². The highest BCUT2D eigenvalue weighted by Gasteiger charge is 2.18. The first kappa shape index (κ1) is 18.3. The van der Waals surface area contributed by atoms with Crippen LogP contribution in [0.2, 0.25) is 0 Å². The van der Waals surface area contributed by atoms with Gasteiger partial charge in [0, 0.05) is 11.6 Å². The summed E-state index contributed by atoms with van der Waals surface area (Å²) in [7, 11) is 0. The molecule has 5 heteroatoms. The van der Waals surface area contributed by atoms with Gasteiger partial charge in [-0.25, -0.2) is 4.79 Å². The van der Waals surface area contributed by atoms with Gasteiger partial charge in [0.1, 0.15) is 5.75 Å². The Bertz CT molecular complexity index is 535. The average molecular weight is 333 g/mol. The van der Waals surface area contributed by atoms with E-state index in [1.54, 1.807) is 31.2 Å². The minimum atomic E-state index is -0.668. The van der Waals surface area contributed by atoms with Crippen molar-refractivity contribution in [2.75, 3.05) is 6.61 Å². The van der Waals surface area contributed by atoms with Crippen LogP contribution in [-0.2, 0) is 9.53 Å². The number of hydrogen-bond donors (Lipinski definition) is 1. The minimum absolute atomic E-state index is 0.0520. The highest BCUT2D eigenvalue weighted by Crippen LogP contribution is 2.19. The first-order chi connectivity index (χ1) is 11.6.